The van der Waals surface area contributed by atoms with Crippen molar-refractivity contribution in [3.05, 3.63) is 35.4 Å². The predicted molar refractivity (Wildman–Crippen MR) is 95.1 cm³/mol. The van der Waals surface area contributed by atoms with E-state index in [1.165, 1.54) is 4.90 Å². The molecule has 1 aromatic rings. The van der Waals surface area contributed by atoms with E-state index in [1.54, 1.807) is 31.0 Å². The molecule has 1 aliphatic heterocycles. The van der Waals surface area contributed by atoms with Crippen LogP contribution in [0.1, 0.15) is 36.7 Å². The van der Waals surface area contributed by atoms with Crippen LogP contribution in [0.3, 0.4) is 0 Å². The second kappa shape index (κ2) is 8.00. The maximum absolute atomic E-state index is 12.2. The molecule has 1 saturated heterocycles. The minimum absolute atomic E-state index is 0.0289. The van der Waals surface area contributed by atoms with E-state index in [2.05, 4.69) is 10.6 Å². The van der Waals surface area contributed by atoms with E-state index in [1.807, 2.05) is 26.0 Å². The van der Waals surface area contributed by atoms with Crippen LogP contribution in [0.15, 0.2) is 24.3 Å². The maximum Gasteiger partial charge on any atom is 0.318 e. The molecular formula is C18H26N4O3. The fourth-order valence-electron chi connectivity index (χ4n) is 2.54. The number of nitrogens with zero attached hydrogens (tertiary/aromatic N) is 2. The average molecular weight is 346 g/mol. The topological polar surface area (TPSA) is 81.8 Å². The lowest BCUT2D eigenvalue weighted by molar-refractivity contribution is -0.126. The molecule has 1 heterocycles. The van der Waals surface area contributed by atoms with Gasteiger partial charge in [-0.05, 0) is 38.5 Å². The Hall–Kier alpha value is -2.57. The predicted octanol–water partition coefficient (Wildman–Crippen LogP) is 1.20. The van der Waals surface area contributed by atoms with Crippen molar-refractivity contribution in [2.45, 2.75) is 39.4 Å². The Labute approximate surface area is 148 Å². The molecule has 0 aromatic heterocycles. The Morgan fingerprint density at radius 2 is 1.96 bits per heavy atom. The van der Waals surface area contributed by atoms with Crippen LogP contribution >= 0.6 is 0 Å². The number of hydrogen-bond donors (Lipinski definition) is 2. The van der Waals surface area contributed by atoms with Crippen molar-refractivity contribution in [3.63, 3.8) is 0 Å². The minimum atomic E-state index is -0.472. The number of urea groups is 1. The van der Waals surface area contributed by atoms with Crippen LogP contribution in [-0.2, 0) is 11.3 Å². The number of amides is 4. The first-order valence-electron chi connectivity index (χ1n) is 8.49. The molecule has 7 heteroatoms. The van der Waals surface area contributed by atoms with Gasteiger partial charge in [0.1, 0.15) is 6.04 Å². The Morgan fingerprint density at radius 3 is 2.56 bits per heavy atom. The molecule has 1 fully saturated rings. The van der Waals surface area contributed by atoms with E-state index in [0.717, 1.165) is 5.56 Å². The second-order valence-corrected chi connectivity index (χ2v) is 6.53. The molecule has 0 aliphatic carbocycles. The number of hydrogen-bond acceptors (Lipinski definition) is 3. The molecule has 7 nitrogen and oxygen atoms in total. The summed E-state index contributed by atoms with van der Waals surface area (Å²) in [5.74, 6) is -0.169. The van der Waals surface area contributed by atoms with Gasteiger partial charge < -0.3 is 20.4 Å². The van der Waals surface area contributed by atoms with Gasteiger partial charge in [0, 0.05) is 38.3 Å². The molecule has 1 aromatic carbocycles. The fraction of sp³-hybridized carbons (Fsp3) is 0.500. The molecule has 2 rings (SSSR count). The summed E-state index contributed by atoms with van der Waals surface area (Å²) in [7, 11) is 1.77. The molecule has 0 radical (unpaired) electrons. The van der Waals surface area contributed by atoms with Crippen molar-refractivity contribution in [1.82, 2.24) is 20.4 Å². The Morgan fingerprint density at radius 1 is 1.32 bits per heavy atom. The van der Waals surface area contributed by atoms with Gasteiger partial charge in [0.15, 0.2) is 0 Å². The third kappa shape index (κ3) is 4.49. The van der Waals surface area contributed by atoms with Crippen LogP contribution in [-0.4, -0.2) is 59.9 Å². The largest absolute Gasteiger partial charge is 0.353 e. The molecule has 1 atom stereocenters. The first-order valence-corrected chi connectivity index (χ1v) is 8.49. The highest BCUT2D eigenvalue weighted by Gasteiger charge is 2.28. The van der Waals surface area contributed by atoms with Crippen molar-refractivity contribution in [2.75, 3.05) is 20.1 Å². The molecule has 2 N–H and O–H groups in total. The van der Waals surface area contributed by atoms with E-state index in [0.29, 0.717) is 25.2 Å². The van der Waals surface area contributed by atoms with Crippen molar-refractivity contribution in [3.8, 4) is 0 Å². The van der Waals surface area contributed by atoms with Gasteiger partial charge in [-0.15, -0.1) is 0 Å². The van der Waals surface area contributed by atoms with E-state index in [-0.39, 0.29) is 23.9 Å². The normalized spacial score (nSPS) is 17.2. The highest BCUT2D eigenvalue weighted by molar-refractivity contribution is 5.94. The van der Waals surface area contributed by atoms with Gasteiger partial charge in [-0.25, -0.2) is 4.79 Å². The summed E-state index contributed by atoms with van der Waals surface area (Å²) in [4.78, 5) is 39.3. The summed E-state index contributed by atoms with van der Waals surface area (Å²) in [5.41, 5.74) is 1.51. The number of piperazine rings is 1. The zero-order valence-corrected chi connectivity index (χ0v) is 15.2. The van der Waals surface area contributed by atoms with E-state index in [9.17, 15) is 14.4 Å². The first-order chi connectivity index (χ1) is 11.8. The molecule has 25 heavy (non-hydrogen) atoms. The summed E-state index contributed by atoms with van der Waals surface area (Å²) in [6.45, 7) is 6.94. The molecule has 136 valence electrons. The average Bonchev–Trinajstić information content (AvgIpc) is 2.61. The van der Waals surface area contributed by atoms with Crippen molar-refractivity contribution < 1.29 is 14.4 Å². The summed E-state index contributed by atoms with van der Waals surface area (Å²) in [6.07, 6.45) is 0. The van der Waals surface area contributed by atoms with Gasteiger partial charge in [-0.2, -0.15) is 0 Å². The molecule has 4 amide bonds. The fourth-order valence-corrected chi connectivity index (χ4v) is 2.54. The molecule has 0 spiro atoms. The molecule has 1 aliphatic rings. The van der Waals surface area contributed by atoms with Crippen molar-refractivity contribution in [2.24, 2.45) is 0 Å². The highest BCUT2D eigenvalue weighted by atomic mass is 16.2. The zero-order valence-electron chi connectivity index (χ0n) is 15.2. The third-order valence-corrected chi connectivity index (χ3v) is 4.50. The molecular weight excluding hydrogens is 320 g/mol. The van der Waals surface area contributed by atoms with Crippen LogP contribution < -0.4 is 10.6 Å². The lowest BCUT2D eigenvalue weighted by Crippen LogP contribution is -2.58. The van der Waals surface area contributed by atoms with Gasteiger partial charge in [0.2, 0.25) is 5.91 Å². The molecule has 0 unspecified atom stereocenters. The van der Waals surface area contributed by atoms with Crippen LogP contribution in [0.5, 0.6) is 0 Å². The van der Waals surface area contributed by atoms with Gasteiger partial charge in [0.05, 0.1) is 0 Å². The number of rotatable bonds is 4. The van der Waals surface area contributed by atoms with Gasteiger partial charge in [-0.1, -0.05) is 12.1 Å². The van der Waals surface area contributed by atoms with Crippen LogP contribution in [0.25, 0.3) is 0 Å². The SMILES string of the molecule is CC(C)N(C)C(=O)c1ccc(CNC(=O)N2CCNC(=O)[C@@H]2C)cc1. The number of carbonyl (C=O) groups is 3. The van der Waals surface area contributed by atoms with Crippen LogP contribution in [0.2, 0.25) is 0 Å². The van der Waals surface area contributed by atoms with E-state index >= 15 is 0 Å². The summed E-state index contributed by atoms with van der Waals surface area (Å²) in [5, 5.41) is 5.55. The number of benzene rings is 1. The Kier molecular flexibility index (Phi) is 6.01. The quantitative estimate of drug-likeness (QED) is 0.859. The lowest BCUT2D eigenvalue weighted by Gasteiger charge is -2.32. The van der Waals surface area contributed by atoms with Crippen molar-refractivity contribution in [1.29, 1.82) is 0 Å². The Bertz CT molecular complexity index is 642. The smallest absolute Gasteiger partial charge is 0.318 e. The molecule has 0 bridgehead atoms. The van der Waals surface area contributed by atoms with Crippen LogP contribution in [0.4, 0.5) is 4.79 Å². The monoisotopic (exact) mass is 346 g/mol. The Balaban J connectivity index is 1.92. The summed E-state index contributed by atoms with van der Waals surface area (Å²) >= 11 is 0. The van der Waals surface area contributed by atoms with E-state index in [4.69, 9.17) is 0 Å². The minimum Gasteiger partial charge on any atom is -0.353 e. The molecule has 0 saturated carbocycles. The maximum atomic E-state index is 12.2. The summed E-state index contributed by atoms with van der Waals surface area (Å²) in [6, 6.07) is 6.58. The zero-order chi connectivity index (χ0) is 18.6. The van der Waals surface area contributed by atoms with Gasteiger partial charge >= 0.3 is 6.03 Å². The first kappa shape index (κ1) is 18.8. The van der Waals surface area contributed by atoms with Gasteiger partial charge in [0.25, 0.3) is 5.91 Å². The summed E-state index contributed by atoms with van der Waals surface area (Å²) < 4.78 is 0. The van der Waals surface area contributed by atoms with Gasteiger partial charge in [-0.3, -0.25) is 9.59 Å². The highest BCUT2D eigenvalue weighted by Crippen LogP contribution is 2.10. The standard InChI is InChI=1S/C18H26N4O3/c1-12(2)21(4)17(24)15-7-5-14(6-8-15)11-20-18(25)22-10-9-19-16(23)13(22)3/h5-8,12-13H,9-11H2,1-4H3,(H,19,23)(H,20,25)/t13-/m0/s1. The number of carbonyl (C=O) groups excluding carboxylic acids is 3. The van der Waals surface area contributed by atoms with Crippen molar-refractivity contribution >= 4 is 17.8 Å². The van der Waals surface area contributed by atoms with E-state index < -0.39 is 6.04 Å². The lowest BCUT2D eigenvalue weighted by atomic mass is 10.1. The second-order valence-electron chi connectivity index (χ2n) is 6.53. The number of nitrogens with one attached hydrogen (secondary N) is 2. The van der Waals surface area contributed by atoms with Crippen LogP contribution in [0, 0.1) is 0 Å². The third-order valence-electron chi connectivity index (χ3n) is 4.50.